The largest absolute Gasteiger partial charge is 0.496 e. The number of allylic oxidation sites excluding steroid dienone is 2. The van der Waals surface area contributed by atoms with Crippen molar-refractivity contribution in [3.05, 3.63) is 69.7 Å². The maximum atomic E-state index is 6.46. The van der Waals surface area contributed by atoms with Gasteiger partial charge in [-0.1, -0.05) is 53.6 Å². The Kier molecular flexibility index (Phi) is 3.74. The third kappa shape index (κ3) is 2.41. The molecular weight excluding hydrogens is 329 g/mol. The lowest BCUT2D eigenvalue weighted by molar-refractivity contribution is 0.381. The van der Waals surface area contributed by atoms with Crippen molar-refractivity contribution >= 4 is 28.9 Å². The van der Waals surface area contributed by atoms with Crippen LogP contribution in [0.15, 0.2) is 48.6 Å². The molecule has 2 nitrogen and oxygen atoms in total. The van der Waals surface area contributed by atoms with E-state index in [1.807, 2.05) is 18.2 Å². The quantitative estimate of drug-likeness (QED) is 0.691. The van der Waals surface area contributed by atoms with E-state index in [2.05, 4.69) is 29.6 Å². The van der Waals surface area contributed by atoms with Gasteiger partial charge in [-0.15, -0.1) is 0 Å². The molecule has 1 heterocycles. The number of hydrogen-bond acceptors (Lipinski definition) is 2. The van der Waals surface area contributed by atoms with Crippen LogP contribution >= 0.6 is 23.2 Å². The molecule has 1 aliphatic carbocycles. The van der Waals surface area contributed by atoms with Crippen molar-refractivity contribution in [1.82, 2.24) is 0 Å². The van der Waals surface area contributed by atoms with Crippen LogP contribution in [0, 0.1) is 5.92 Å². The Hall–Kier alpha value is -1.64. The van der Waals surface area contributed by atoms with Gasteiger partial charge in [0.1, 0.15) is 5.75 Å². The van der Waals surface area contributed by atoms with Crippen LogP contribution in [0.3, 0.4) is 0 Å². The average Bonchev–Trinajstić information content (AvgIpc) is 3.04. The first-order chi connectivity index (χ1) is 11.2. The summed E-state index contributed by atoms with van der Waals surface area (Å²) in [6.07, 6.45) is 5.56. The minimum Gasteiger partial charge on any atom is -0.496 e. The van der Waals surface area contributed by atoms with Gasteiger partial charge in [-0.2, -0.15) is 0 Å². The van der Waals surface area contributed by atoms with Gasteiger partial charge < -0.3 is 10.1 Å². The van der Waals surface area contributed by atoms with E-state index in [9.17, 15) is 0 Å². The SMILES string of the molecule is COc1ccccc1[C@H]1Nc2c(Cl)cc(Cl)cc2[C@H]2C=CC[C@@H]21. The fourth-order valence-corrected chi connectivity index (χ4v) is 4.42. The van der Waals surface area contributed by atoms with E-state index in [-0.39, 0.29) is 6.04 Å². The third-order valence-electron chi connectivity index (χ3n) is 4.86. The summed E-state index contributed by atoms with van der Waals surface area (Å²) in [5.41, 5.74) is 3.34. The van der Waals surface area contributed by atoms with Gasteiger partial charge in [0.2, 0.25) is 0 Å². The summed E-state index contributed by atoms with van der Waals surface area (Å²) < 4.78 is 5.57. The van der Waals surface area contributed by atoms with Crippen LogP contribution in [0.2, 0.25) is 10.0 Å². The van der Waals surface area contributed by atoms with E-state index in [0.717, 1.165) is 17.9 Å². The first kappa shape index (κ1) is 14.9. The molecule has 0 unspecified atom stereocenters. The fourth-order valence-electron chi connectivity index (χ4n) is 3.85. The zero-order valence-corrected chi connectivity index (χ0v) is 14.2. The lowest BCUT2D eigenvalue weighted by atomic mass is 9.77. The molecular formula is C19H17Cl2NO. The molecule has 2 aromatic rings. The highest BCUT2D eigenvalue weighted by atomic mass is 35.5. The van der Waals surface area contributed by atoms with E-state index >= 15 is 0 Å². The lowest BCUT2D eigenvalue weighted by Gasteiger charge is -2.38. The highest BCUT2D eigenvalue weighted by molar-refractivity contribution is 6.36. The number of methoxy groups -OCH3 is 1. The topological polar surface area (TPSA) is 21.3 Å². The smallest absolute Gasteiger partial charge is 0.124 e. The number of para-hydroxylation sites is 1. The molecule has 2 aliphatic rings. The van der Waals surface area contributed by atoms with E-state index in [1.54, 1.807) is 13.2 Å². The van der Waals surface area contributed by atoms with Crippen molar-refractivity contribution in [2.24, 2.45) is 5.92 Å². The van der Waals surface area contributed by atoms with Crippen LogP contribution < -0.4 is 10.1 Å². The third-order valence-corrected chi connectivity index (χ3v) is 5.38. The Morgan fingerprint density at radius 1 is 1.13 bits per heavy atom. The van der Waals surface area contributed by atoms with E-state index < -0.39 is 0 Å². The molecule has 2 aromatic carbocycles. The summed E-state index contributed by atoms with van der Waals surface area (Å²) in [6, 6.07) is 12.2. The predicted molar refractivity (Wildman–Crippen MR) is 95.8 cm³/mol. The predicted octanol–water partition coefficient (Wildman–Crippen LogP) is 5.83. The summed E-state index contributed by atoms with van der Waals surface area (Å²) in [5.74, 6) is 1.68. The van der Waals surface area contributed by atoms with Crippen molar-refractivity contribution in [2.45, 2.75) is 18.4 Å². The highest BCUT2D eigenvalue weighted by Crippen LogP contribution is 2.53. The monoisotopic (exact) mass is 345 g/mol. The molecule has 0 spiro atoms. The molecule has 0 saturated carbocycles. The van der Waals surface area contributed by atoms with Gasteiger partial charge >= 0.3 is 0 Å². The second-order valence-electron chi connectivity index (χ2n) is 6.07. The molecule has 23 heavy (non-hydrogen) atoms. The molecule has 0 aromatic heterocycles. The molecule has 4 heteroatoms. The molecule has 1 N–H and O–H groups in total. The molecule has 0 bridgehead atoms. The van der Waals surface area contributed by atoms with Crippen LogP contribution in [0.25, 0.3) is 0 Å². The maximum absolute atomic E-state index is 6.46. The molecule has 0 radical (unpaired) electrons. The maximum Gasteiger partial charge on any atom is 0.124 e. The number of hydrogen-bond donors (Lipinski definition) is 1. The van der Waals surface area contributed by atoms with Gasteiger partial charge in [0, 0.05) is 16.5 Å². The minimum absolute atomic E-state index is 0.164. The molecule has 118 valence electrons. The molecule has 0 amide bonds. The molecule has 4 rings (SSSR count). The fraction of sp³-hybridized carbons (Fsp3) is 0.263. The van der Waals surface area contributed by atoms with Gasteiger partial charge in [-0.05, 0) is 36.1 Å². The molecule has 1 aliphatic heterocycles. The van der Waals surface area contributed by atoms with Crippen molar-refractivity contribution in [3.63, 3.8) is 0 Å². The van der Waals surface area contributed by atoms with E-state index in [0.29, 0.717) is 21.9 Å². The number of halogens is 2. The first-order valence-corrected chi connectivity index (χ1v) is 8.49. The van der Waals surface area contributed by atoms with Gasteiger partial charge in [-0.25, -0.2) is 0 Å². The Labute approximate surface area is 146 Å². The first-order valence-electron chi connectivity index (χ1n) is 7.74. The van der Waals surface area contributed by atoms with E-state index in [4.69, 9.17) is 27.9 Å². The van der Waals surface area contributed by atoms with Gasteiger partial charge in [0.25, 0.3) is 0 Å². The van der Waals surface area contributed by atoms with Crippen LogP contribution in [0.1, 0.15) is 29.5 Å². The Morgan fingerprint density at radius 2 is 1.96 bits per heavy atom. The molecule has 0 saturated heterocycles. The standard InChI is InChI=1S/C19H17Cl2NO/c1-23-17-8-3-2-5-14(17)18-13-7-4-6-12(13)15-9-11(20)10-16(21)19(15)22-18/h2-6,8-10,12-13,18,22H,7H2,1H3/t12-,13-,18-/m0/s1. The second kappa shape index (κ2) is 5.77. The normalized spacial score (nSPS) is 24.7. The zero-order valence-electron chi connectivity index (χ0n) is 12.7. The van der Waals surface area contributed by atoms with Crippen molar-refractivity contribution in [3.8, 4) is 5.75 Å². The number of fused-ring (bicyclic) bond motifs is 3. The Morgan fingerprint density at radius 3 is 2.78 bits per heavy atom. The lowest BCUT2D eigenvalue weighted by Crippen LogP contribution is -2.29. The van der Waals surface area contributed by atoms with E-state index in [1.165, 1.54) is 11.1 Å². The summed E-state index contributed by atoms with van der Waals surface area (Å²) in [7, 11) is 1.72. The Balaban J connectivity index is 1.85. The average molecular weight is 346 g/mol. The number of anilines is 1. The van der Waals surface area contributed by atoms with Crippen LogP contribution in [-0.2, 0) is 0 Å². The minimum atomic E-state index is 0.164. The van der Waals surface area contributed by atoms with Crippen molar-refractivity contribution in [2.75, 3.05) is 12.4 Å². The summed E-state index contributed by atoms with van der Waals surface area (Å²) in [6.45, 7) is 0. The van der Waals surface area contributed by atoms with Crippen LogP contribution in [-0.4, -0.2) is 7.11 Å². The number of rotatable bonds is 2. The van der Waals surface area contributed by atoms with Crippen molar-refractivity contribution < 1.29 is 4.74 Å². The number of nitrogens with one attached hydrogen (secondary N) is 1. The summed E-state index contributed by atoms with van der Waals surface area (Å²) in [4.78, 5) is 0. The highest BCUT2D eigenvalue weighted by Gasteiger charge is 2.39. The van der Waals surface area contributed by atoms with Crippen LogP contribution in [0.4, 0.5) is 5.69 Å². The Bertz CT molecular complexity index is 787. The summed E-state index contributed by atoms with van der Waals surface area (Å²) >= 11 is 12.7. The van der Waals surface area contributed by atoms with Gasteiger partial charge in [0.05, 0.1) is 23.9 Å². The van der Waals surface area contributed by atoms with Crippen molar-refractivity contribution in [1.29, 1.82) is 0 Å². The van der Waals surface area contributed by atoms with Gasteiger partial charge in [-0.3, -0.25) is 0 Å². The zero-order chi connectivity index (χ0) is 16.0. The van der Waals surface area contributed by atoms with Crippen LogP contribution in [0.5, 0.6) is 5.75 Å². The second-order valence-corrected chi connectivity index (χ2v) is 6.91. The van der Waals surface area contributed by atoms with Gasteiger partial charge in [0.15, 0.2) is 0 Å². The molecule has 3 atom stereocenters. The summed E-state index contributed by atoms with van der Waals surface area (Å²) in [5, 5.41) is 5.00. The number of benzene rings is 2. The molecule has 0 fully saturated rings. The number of ether oxygens (including phenoxy) is 1.